The second kappa shape index (κ2) is 10.5. The van der Waals surface area contributed by atoms with Crippen molar-refractivity contribution in [2.24, 2.45) is 0 Å². The number of H-pyrrole nitrogens is 1. The standard InChI is InChI=1S/C28H27Br2NO4/c1-15(2)19-12-26(35-28-22(29)9-17(10-23(28)30)11-27(32)33)20(13-25(19)34-4)16(3)21-14-31-24-8-6-5-7-18(21)24/h5-10,12-16,31H,11H2,1-4H3,(H,32,33). The van der Waals surface area contributed by atoms with Crippen LogP contribution in [0.15, 0.2) is 63.7 Å². The van der Waals surface area contributed by atoms with Gasteiger partial charge >= 0.3 is 5.97 Å². The van der Waals surface area contributed by atoms with Crippen molar-refractivity contribution in [3.63, 3.8) is 0 Å². The molecular formula is C28H27Br2NO4. The topological polar surface area (TPSA) is 71.5 Å². The number of hydrogen-bond donors (Lipinski definition) is 2. The van der Waals surface area contributed by atoms with Crippen LogP contribution in [-0.2, 0) is 11.2 Å². The minimum absolute atomic E-state index is 0.0140. The van der Waals surface area contributed by atoms with Gasteiger partial charge in [0, 0.05) is 34.1 Å². The first-order valence-electron chi connectivity index (χ1n) is 11.3. The number of methoxy groups -OCH3 is 1. The quantitative estimate of drug-likeness (QED) is 0.213. The molecule has 1 atom stereocenters. The molecule has 0 saturated heterocycles. The van der Waals surface area contributed by atoms with Gasteiger partial charge in [-0.2, -0.15) is 0 Å². The van der Waals surface area contributed by atoms with Gasteiger partial charge in [0.05, 0.1) is 22.5 Å². The Balaban J connectivity index is 1.84. The van der Waals surface area contributed by atoms with Crippen LogP contribution in [0.4, 0.5) is 0 Å². The molecule has 7 heteroatoms. The molecule has 0 aliphatic carbocycles. The molecule has 0 bridgehead atoms. The van der Waals surface area contributed by atoms with Gasteiger partial charge in [-0.25, -0.2) is 0 Å². The highest BCUT2D eigenvalue weighted by Crippen LogP contribution is 2.45. The van der Waals surface area contributed by atoms with Crippen molar-refractivity contribution in [1.29, 1.82) is 0 Å². The Kier molecular flexibility index (Phi) is 7.57. The summed E-state index contributed by atoms with van der Waals surface area (Å²) in [4.78, 5) is 14.5. The Bertz CT molecular complexity index is 1370. The van der Waals surface area contributed by atoms with Crippen molar-refractivity contribution in [2.75, 3.05) is 7.11 Å². The number of para-hydroxylation sites is 1. The predicted octanol–water partition coefficient (Wildman–Crippen LogP) is 8.40. The summed E-state index contributed by atoms with van der Waals surface area (Å²) in [5, 5.41) is 10.3. The Hall–Kier alpha value is -2.77. The molecule has 0 radical (unpaired) electrons. The molecular weight excluding hydrogens is 574 g/mol. The molecule has 4 rings (SSSR count). The fourth-order valence-electron chi connectivity index (χ4n) is 4.36. The highest BCUT2D eigenvalue weighted by Gasteiger charge is 2.23. The third-order valence-corrected chi connectivity index (χ3v) is 7.34. The molecule has 1 aromatic heterocycles. The number of benzene rings is 3. The number of ether oxygens (including phenoxy) is 2. The van der Waals surface area contributed by atoms with E-state index in [-0.39, 0.29) is 18.3 Å². The van der Waals surface area contributed by atoms with E-state index in [4.69, 9.17) is 9.47 Å². The van der Waals surface area contributed by atoms with Crippen molar-refractivity contribution in [2.45, 2.75) is 39.0 Å². The minimum atomic E-state index is -0.885. The van der Waals surface area contributed by atoms with Crippen LogP contribution in [0.5, 0.6) is 17.2 Å². The van der Waals surface area contributed by atoms with E-state index in [1.165, 1.54) is 10.9 Å². The number of aromatic nitrogens is 1. The van der Waals surface area contributed by atoms with Crippen molar-refractivity contribution in [3.8, 4) is 17.2 Å². The summed E-state index contributed by atoms with van der Waals surface area (Å²) in [6, 6.07) is 15.9. The molecule has 4 aromatic rings. The van der Waals surface area contributed by atoms with Crippen molar-refractivity contribution < 1.29 is 19.4 Å². The number of carboxylic acid groups (broad SMARTS) is 1. The van der Waals surface area contributed by atoms with Crippen LogP contribution in [0.3, 0.4) is 0 Å². The van der Waals surface area contributed by atoms with E-state index >= 15 is 0 Å². The zero-order valence-electron chi connectivity index (χ0n) is 20.0. The Morgan fingerprint density at radius 2 is 1.63 bits per heavy atom. The summed E-state index contributed by atoms with van der Waals surface area (Å²) in [7, 11) is 1.69. The van der Waals surface area contributed by atoms with E-state index in [0.29, 0.717) is 20.3 Å². The monoisotopic (exact) mass is 599 g/mol. The van der Waals surface area contributed by atoms with E-state index in [1.807, 2.05) is 18.2 Å². The molecule has 182 valence electrons. The van der Waals surface area contributed by atoms with Crippen molar-refractivity contribution in [3.05, 3.63) is 85.9 Å². The maximum atomic E-state index is 11.2. The van der Waals surface area contributed by atoms with E-state index in [1.54, 1.807) is 19.2 Å². The fraction of sp³-hybridized carbons (Fsp3) is 0.250. The van der Waals surface area contributed by atoms with Crippen LogP contribution < -0.4 is 9.47 Å². The molecule has 0 amide bonds. The number of nitrogens with one attached hydrogen (secondary N) is 1. The van der Waals surface area contributed by atoms with Gasteiger partial charge in [-0.05, 0) is 79.2 Å². The Labute approximate surface area is 221 Å². The van der Waals surface area contributed by atoms with Gasteiger partial charge in [-0.3, -0.25) is 4.79 Å². The van der Waals surface area contributed by atoms with Crippen LogP contribution >= 0.6 is 31.9 Å². The van der Waals surface area contributed by atoms with E-state index < -0.39 is 5.97 Å². The number of halogens is 2. The first kappa shape index (κ1) is 25.3. The van der Waals surface area contributed by atoms with Crippen LogP contribution in [0.2, 0.25) is 0 Å². The Morgan fingerprint density at radius 1 is 0.971 bits per heavy atom. The summed E-state index contributed by atoms with van der Waals surface area (Å²) >= 11 is 7.15. The molecule has 1 heterocycles. The molecule has 1 unspecified atom stereocenters. The second-order valence-corrected chi connectivity index (χ2v) is 10.6. The SMILES string of the molecule is COc1cc(C(C)c2c[nH]c3ccccc23)c(Oc2c(Br)cc(CC(=O)O)cc2Br)cc1C(C)C. The average Bonchev–Trinajstić information content (AvgIpc) is 3.24. The van der Waals surface area contributed by atoms with Crippen LogP contribution in [-0.4, -0.2) is 23.2 Å². The maximum Gasteiger partial charge on any atom is 0.307 e. The van der Waals surface area contributed by atoms with Gasteiger partial charge in [0.1, 0.15) is 11.5 Å². The minimum Gasteiger partial charge on any atom is -0.496 e. The number of carbonyl (C=O) groups is 1. The highest BCUT2D eigenvalue weighted by molar-refractivity contribution is 9.11. The lowest BCUT2D eigenvalue weighted by Crippen LogP contribution is -2.04. The molecule has 0 saturated carbocycles. The van der Waals surface area contributed by atoms with Gasteiger partial charge in [0.15, 0.2) is 5.75 Å². The highest BCUT2D eigenvalue weighted by atomic mass is 79.9. The lowest BCUT2D eigenvalue weighted by molar-refractivity contribution is -0.136. The van der Waals surface area contributed by atoms with Crippen LogP contribution in [0.1, 0.15) is 54.9 Å². The first-order valence-corrected chi connectivity index (χ1v) is 12.9. The zero-order valence-corrected chi connectivity index (χ0v) is 23.2. The van der Waals surface area contributed by atoms with Crippen molar-refractivity contribution in [1.82, 2.24) is 4.98 Å². The lowest BCUT2D eigenvalue weighted by atomic mass is 9.89. The van der Waals surface area contributed by atoms with E-state index in [2.05, 4.69) is 82.0 Å². The van der Waals surface area contributed by atoms with Gasteiger partial charge in [0.25, 0.3) is 0 Å². The number of carboxylic acids is 1. The van der Waals surface area contributed by atoms with Crippen LogP contribution in [0, 0.1) is 0 Å². The average molecular weight is 601 g/mol. The number of rotatable bonds is 8. The van der Waals surface area contributed by atoms with Gasteiger partial charge in [-0.1, -0.05) is 39.0 Å². The smallest absolute Gasteiger partial charge is 0.307 e. The predicted molar refractivity (Wildman–Crippen MR) is 146 cm³/mol. The Morgan fingerprint density at radius 3 is 2.26 bits per heavy atom. The molecule has 0 fully saturated rings. The van der Waals surface area contributed by atoms with Gasteiger partial charge < -0.3 is 19.6 Å². The maximum absolute atomic E-state index is 11.2. The molecule has 35 heavy (non-hydrogen) atoms. The molecule has 3 aromatic carbocycles. The lowest BCUT2D eigenvalue weighted by Gasteiger charge is -2.22. The summed E-state index contributed by atoms with van der Waals surface area (Å²) in [6.45, 7) is 6.40. The number of fused-ring (bicyclic) bond motifs is 1. The fourth-order valence-corrected chi connectivity index (χ4v) is 5.81. The number of aromatic amines is 1. The number of aliphatic carboxylic acids is 1. The van der Waals surface area contributed by atoms with Crippen LogP contribution in [0.25, 0.3) is 10.9 Å². The molecule has 0 aliphatic heterocycles. The van der Waals surface area contributed by atoms with Gasteiger partial charge in [0.2, 0.25) is 0 Å². The number of hydrogen-bond acceptors (Lipinski definition) is 3. The van der Waals surface area contributed by atoms with E-state index in [9.17, 15) is 9.90 Å². The summed E-state index contributed by atoms with van der Waals surface area (Å²) in [6.07, 6.45) is 1.98. The third kappa shape index (κ3) is 5.26. The summed E-state index contributed by atoms with van der Waals surface area (Å²) in [5.41, 5.74) is 4.96. The summed E-state index contributed by atoms with van der Waals surface area (Å²) in [5.74, 6) is 1.49. The third-order valence-electron chi connectivity index (χ3n) is 6.16. The molecule has 2 N–H and O–H groups in total. The largest absolute Gasteiger partial charge is 0.496 e. The first-order chi connectivity index (χ1) is 16.7. The van der Waals surface area contributed by atoms with E-state index in [0.717, 1.165) is 28.1 Å². The summed E-state index contributed by atoms with van der Waals surface area (Å²) < 4.78 is 13.7. The molecule has 5 nitrogen and oxygen atoms in total. The molecule has 0 spiro atoms. The normalized spacial score (nSPS) is 12.2. The molecule has 0 aliphatic rings. The van der Waals surface area contributed by atoms with Gasteiger partial charge in [-0.15, -0.1) is 0 Å². The second-order valence-electron chi connectivity index (χ2n) is 8.86. The van der Waals surface area contributed by atoms with Crippen molar-refractivity contribution >= 4 is 48.7 Å². The zero-order chi connectivity index (χ0) is 25.3.